The number of carboxylic acids is 1. The van der Waals surface area contributed by atoms with Crippen LogP contribution in [0.15, 0.2) is 36.5 Å². The zero-order chi connectivity index (χ0) is 20.3. The number of nitrogens with zero attached hydrogens (tertiary/aromatic N) is 3. The number of hydrogen-bond donors (Lipinski definition) is 3. The van der Waals surface area contributed by atoms with Gasteiger partial charge in [0.2, 0.25) is 0 Å². The number of hydrogen-bond acceptors (Lipinski definition) is 5. The topological polar surface area (TPSA) is 92.1 Å². The number of rotatable bonds is 7. The number of aromatic carboxylic acids is 1. The number of pyridine rings is 1. The van der Waals surface area contributed by atoms with Crippen molar-refractivity contribution in [2.45, 2.75) is 26.8 Å². The molecule has 0 saturated carbocycles. The normalized spacial score (nSPS) is 10.7. The molecule has 0 amide bonds. The van der Waals surface area contributed by atoms with Crippen LogP contribution in [0.3, 0.4) is 0 Å². The highest BCUT2D eigenvalue weighted by atomic mass is 35.5. The molecule has 7 nitrogen and oxygen atoms in total. The quantitative estimate of drug-likeness (QED) is 0.515. The smallest absolute Gasteiger partial charge is 0.337 e. The molecule has 3 rings (SSSR count). The van der Waals surface area contributed by atoms with Crippen LogP contribution in [-0.2, 0) is 6.54 Å². The summed E-state index contributed by atoms with van der Waals surface area (Å²) in [5.74, 6) is -0.591. The van der Waals surface area contributed by atoms with Crippen molar-refractivity contribution >= 4 is 40.6 Å². The molecule has 0 atom stereocenters. The summed E-state index contributed by atoms with van der Waals surface area (Å²) in [6, 6.07) is 7.03. The molecule has 3 aromatic rings. The average molecular weight is 404 g/mol. The minimum atomic E-state index is -1.25. The molecule has 1 aromatic carbocycles. The van der Waals surface area contributed by atoms with E-state index in [1.807, 2.05) is 17.7 Å². The van der Waals surface area contributed by atoms with Gasteiger partial charge in [-0.1, -0.05) is 18.5 Å². The molecule has 0 aliphatic rings. The fourth-order valence-corrected chi connectivity index (χ4v) is 2.86. The van der Waals surface area contributed by atoms with E-state index in [2.05, 4.69) is 27.6 Å². The summed E-state index contributed by atoms with van der Waals surface area (Å²) in [6.07, 6.45) is 2.38. The number of carbonyl (C=O) groups is 1. The van der Waals surface area contributed by atoms with E-state index < -0.39 is 11.8 Å². The first-order valence-corrected chi connectivity index (χ1v) is 9.02. The molecule has 0 aliphatic carbocycles. The van der Waals surface area contributed by atoms with E-state index in [4.69, 9.17) is 11.6 Å². The van der Waals surface area contributed by atoms with Crippen molar-refractivity contribution in [2.75, 3.05) is 10.6 Å². The Balaban J connectivity index is 1.90. The Hall–Kier alpha value is -3.13. The summed E-state index contributed by atoms with van der Waals surface area (Å²) >= 11 is 6.21. The van der Waals surface area contributed by atoms with Gasteiger partial charge >= 0.3 is 5.97 Å². The fourth-order valence-electron chi connectivity index (χ4n) is 2.71. The molecule has 146 valence electrons. The first-order chi connectivity index (χ1) is 13.4. The van der Waals surface area contributed by atoms with E-state index in [1.165, 1.54) is 18.3 Å². The number of nitrogens with one attached hydrogen (secondary N) is 2. The number of anilines is 4. The van der Waals surface area contributed by atoms with Crippen LogP contribution in [0.4, 0.5) is 27.4 Å². The van der Waals surface area contributed by atoms with E-state index in [-0.39, 0.29) is 11.3 Å². The first kappa shape index (κ1) is 19.6. The van der Waals surface area contributed by atoms with Crippen LogP contribution in [0.1, 0.15) is 29.4 Å². The molecule has 2 aromatic heterocycles. The number of benzene rings is 1. The van der Waals surface area contributed by atoms with Crippen LogP contribution < -0.4 is 10.6 Å². The van der Waals surface area contributed by atoms with E-state index >= 15 is 0 Å². The Labute approximate surface area is 166 Å². The van der Waals surface area contributed by atoms with E-state index in [1.54, 1.807) is 6.07 Å². The number of carboxylic acid groups (broad SMARTS) is 1. The van der Waals surface area contributed by atoms with Gasteiger partial charge in [0.05, 0.1) is 33.9 Å². The monoisotopic (exact) mass is 403 g/mol. The first-order valence-electron chi connectivity index (χ1n) is 8.64. The maximum Gasteiger partial charge on any atom is 0.337 e. The lowest BCUT2D eigenvalue weighted by Crippen LogP contribution is -2.06. The third kappa shape index (κ3) is 4.40. The molecule has 0 fully saturated rings. The van der Waals surface area contributed by atoms with Crippen molar-refractivity contribution in [3.63, 3.8) is 0 Å². The van der Waals surface area contributed by atoms with E-state index in [9.17, 15) is 14.3 Å². The molecule has 0 aliphatic heterocycles. The van der Waals surface area contributed by atoms with Crippen molar-refractivity contribution < 1.29 is 14.3 Å². The minimum Gasteiger partial charge on any atom is -0.478 e. The van der Waals surface area contributed by atoms with Gasteiger partial charge in [-0.15, -0.1) is 0 Å². The Kier molecular flexibility index (Phi) is 5.79. The van der Waals surface area contributed by atoms with Crippen molar-refractivity contribution in [2.24, 2.45) is 0 Å². The van der Waals surface area contributed by atoms with Gasteiger partial charge in [0.1, 0.15) is 17.5 Å². The molecule has 0 spiro atoms. The molecule has 0 radical (unpaired) electrons. The molecule has 2 heterocycles. The molecule has 3 N–H and O–H groups in total. The summed E-state index contributed by atoms with van der Waals surface area (Å²) in [5, 5.41) is 20.2. The van der Waals surface area contributed by atoms with Gasteiger partial charge in [-0.25, -0.2) is 18.9 Å². The van der Waals surface area contributed by atoms with Crippen molar-refractivity contribution in [1.82, 2.24) is 14.8 Å². The van der Waals surface area contributed by atoms with Gasteiger partial charge in [-0.2, -0.15) is 5.10 Å². The lowest BCUT2D eigenvalue weighted by atomic mass is 10.1. The Bertz CT molecular complexity index is 1020. The fraction of sp³-hybridized carbons (Fsp3) is 0.211. The minimum absolute atomic E-state index is 0.195. The third-order valence-electron chi connectivity index (χ3n) is 3.93. The van der Waals surface area contributed by atoms with Gasteiger partial charge < -0.3 is 15.7 Å². The maximum atomic E-state index is 13.4. The molecule has 0 saturated heterocycles. The average Bonchev–Trinajstić information content (AvgIpc) is 2.98. The van der Waals surface area contributed by atoms with Crippen LogP contribution in [0.2, 0.25) is 5.02 Å². The van der Waals surface area contributed by atoms with Gasteiger partial charge in [-0.05, 0) is 31.5 Å². The van der Waals surface area contributed by atoms with Crippen molar-refractivity contribution in [1.29, 1.82) is 0 Å². The van der Waals surface area contributed by atoms with Crippen LogP contribution in [0.25, 0.3) is 0 Å². The molecule has 9 heteroatoms. The van der Waals surface area contributed by atoms with Crippen LogP contribution in [0.5, 0.6) is 0 Å². The summed E-state index contributed by atoms with van der Waals surface area (Å²) in [4.78, 5) is 15.6. The Morgan fingerprint density at radius 1 is 1.25 bits per heavy atom. The lowest BCUT2D eigenvalue weighted by molar-refractivity contribution is 0.0697. The summed E-state index contributed by atoms with van der Waals surface area (Å²) in [6.45, 7) is 4.72. The highest BCUT2D eigenvalue weighted by Gasteiger charge is 2.14. The second kappa shape index (κ2) is 8.26. The zero-order valence-electron chi connectivity index (χ0n) is 15.3. The Morgan fingerprint density at radius 2 is 2.04 bits per heavy atom. The summed E-state index contributed by atoms with van der Waals surface area (Å²) in [7, 11) is 0. The second-order valence-corrected chi connectivity index (χ2v) is 6.60. The van der Waals surface area contributed by atoms with Crippen molar-refractivity contribution in [3.8, 4) is 0 Å². The van der Waals surface area contributed by atoms with Gasteiger partial charge in [0.25, 0.3) is 0 Å². The largest absolute Gasteiger partial charge is 0.478 e. The van der Waals surface area contributed by atoms with Crippen molar-refractivity contribution in [3.05, 3.63) is 58.6 Å². The van der Waals surface area contributed by atoms with E-state index in [0.717, 1.165) is 30.5 Å². The number of aryl methyl sites for hydroxylation is 2. The van der Waals surface area contributed by atoms with Gasteiger partial charge in [0.15, 0.2) is 0 Å². The third-order valence-corrected chi connectivity index (χ3v) is 4.23. The van der Waals surface area contributed by atoms with Crippen LogP contribution in [-0.4, -0.2) is 25.8 Å². The number of halogens is 2. The molecular weight excluding hydrogens is 385 g/mol. The summed E-state index contributed by atoms with van der Waals surface area (Å²) in [5.41, 5.74) is 1.34. The lowest BCUT2D eigenvalue weighted by Gasteiger charge is -2.13. The molecular formula is C19H19ClFN5O2. The predicted molar refractivity (Wildman–Crippen MR) is 106 cm³/mol. The van der Waals surface area contributed by atoms with Gasteiger partial charge in [-0.3, -0.25) is 0 Å². The van der Waals surface area contributed by atoms with E-state index in [0.29, 0.717) is 16.5 Å². The SMILES string of the molecule is CCCn1nc(C)cc1Nc1cc(Nc2ccc(F)cc2C(=O)O)c(Cl)cn1. The molecule has 0 bridgehead atoms. The highest BCUT2D eigenvalue weighted by Crippen LogP contribution is 2.30. The molecule has 28 heavy (non-hydrogen) atoms. The number of aromatic nitrogens is 3. The van der Waals surface area contributed by atoms with Gasteiger partial charge in [0, 0.05) is 18.7 Å². The molecule has 0 unspecified atom stereocenters. The zero-order valence-corrected chi connectivity index (χ0v) is 16.1. The predicted octanol–water partition coefficient (Wildman–Crippen LogP) is 4.97. The summed E-state index contributed by atoms with van der Waals surface area (Å²) < 4.78 is 15.2. The van der Waals surface area contributed by atoms with Crippen LogP contribution >= 0.6 is 11.6 Å². The Morgan fingerprint density at radius 3 is 2.75 bits per heavy atom. The highest BCUT2D eigenvalue weighted by molar-refractivity contribution is 6.33. The standard InChI is InChI=1S/C19H19ClFN5O2/c1-3-6-26-18(7-11(2)25-26)24-17-9-16(14(20)10-22-17)23-15-5-4-12(21)8-13(15)19(27)28/h4-5,7-10H,3,6H2,1-2H3,(H,27,28)(H2,22,23,24). The maximum absolute atomic E-state index is 13.4. The second-order valence-electron chi connectivity index (χ2n) is 6.19. The van der Waals surface area contributed by atoms with Crippen LogP contribution in [0, 0.1) is 12.7 Å².